The van der Waals surface area contributed by atoms with Crippen molar-refractivity contribution in [1.82, 2.24) is 5.32 Å². The fourth-order valence-electron chi connectivity index (χ4n) is 2.23. The van der Waals surface area contributed by atoms with Gasteiger partial charge in [0.25, 0.3) is 5.91 Å². The quantitative estimate of drug-likeness (QED) is 0.869. The smallest absolute Gasteiger partial charge is 0.264 e. The third kappa shape index (κ3) is 4.25. The number of carbonyl (C=O) groups is 1. The standard InChI is InChI=1S/C16H14Cl2N2O2S/c17-11-3-1-10(2-4-11)7-8-19-16(21)13-9-12(20-22-13)14-5-6-15(18)23-14/h1-6,13H,7-9H2,(H,19,21). The van der Waals surface area contributed by atoms with E-state index in [1.807, 2.05) is 36.4 Å². The predicted molar refractivity (Wildman–Crippen MR) is 93.5 cm³/mol. The topological polar surface area (TPSA) is 50.7 Å². The van der Waals surface area contributed by atoms with Crippen LogP contribution in [0.3, 0.4) is 0 Å². The van der Waals surface area contributed by atoms with Gasteiger partial charge in [-0.3, -0.25) is 4.79 Å². The lowest BCUT2D eigenvalue weighted by Gasteiger charge is -2.09. The number of hydrogen-bond donors (Lipinski definition) is 1. The maximum Gasteiger partial charge on any atom is 0.264 e. The zero-order valence-corrected chi connectivity index (χ0v) is 14.4. The van der Waals surface area contributed by atoms with E-state index in [9.17, 15) is 4.79 Å². The molecule has 0 saturated heterocycles. The van der Waals surface area contributed by atoms with Crippen LogP contribution in [0.5, 0.6) is 0 Å². The fraction of sp³-hybridized carbons (Fsp3) is 0.250. The average molecular weight is 369 g/mol. The summed E-state index contributed by atoms with van der Waals surface area (Å²) in [6.07, 6.45) is 0.629. The highest BCUT2D eigenvalue weighted by molar-refractivity contribution is 7.18. The third-order valence-corrected chi connectivity index (χ3v) is 4.98. The second-order valence-electron chi connectivity index (χ2n) is 5.11. The lowest BCUT2D eigenvalue weighted by molar-refractivity contribution is -0.131. The highest BCUT2D eigenvalue weighted by Gasteiger charge is 2.29. The van der Waals surface area contributed by atoms with Gasteiger partial charge in [0.15, 0.2) is 0 Å². The number of thiophene rings is 1. The molecular weight excluding hydrogens is 355 g/mol. The number of rotatable bonds is 5. The Morgan fingerprint density at radius 1 is 1.26 bits per heavy atom. The number of amides is 1. The fourth-order valence-corrected chi connectivity index (χ4v) is 3.39. The Kier molecular flexibility index (Phi) is 5.20. The Balaban J connectivity index is 1.46. The molecule has 1 aliphatic rings. The van der Waals surface area contributed by atoms with Crippen molar-refractivity contribution in [3.05, 3.63) is 56.2 Å². The normalized spacial score (nSPS) is 16.8. The SMILES string of the molecule is O=C(NCCc1ccc(Cl)cc1)C1CC(c2ccc(Cl)s2)=NO1. The van der Waals surface area contributed by atoms with Gasteiger partial charge in [0.05, 0.1) is 9.21 Å². The summed E-state index contributed by atoms with van der Waals surface area (Å²) in [5.41, 5.74) is 1.88. The van der Waals surface area contributed by atoms with Gasteiger partial charge in [-0.15, -0.1) is 11.3 Å². The van der Waals surface area contributed by atoms with Crippen LogP contribution in [0.4, 0.5) is 0 Å². The van der Waals surface area contributed by atoms with Gasteiger partial charge in [-0.25, -0.2) is 0 Å². The Morgan fingerprint density at radius 2 is 2.04 bits per heavy atom. The van der Waals surface area contributed by atoms with Gasteiger partial charge in [-0.2, -0.15) is 0 Å². The monoisotopic (exact) mass is 368 g/mol. The number of halogens is 2. The number of hydrogen-bond acceptors (Lipinski definition) is 4. The van der Waals surface area contributed by atoms with Crippen molar-refractivity contribution in [3.8, 4) is 0 Å². The van der Waals surface area contributed by atoms with E-state index in [1.165, 1.54) is 11.3 Å². The minimum atomic E-state index is -0.573. The van der Waals surface area contributed by atoms with Crippen LogP contribution >= 0.6 is 34.5 Å². The van der Waals surface area contributed by atoms with E-state index in [-0.39, 0.29) is 5.91 Å². The number of oxime groups is 1. The summed E-state index contributed by atoms with van der Waals surface area (Å²) < 4.78 is 0.693. The molecule has 1 aliphatic heterocycles. The second kappa shape index (κ2) is 7.34. The lowest BCUT2D eigenvalue weighted by atomic mass is 10.1. The molecule has 0 fully saturated rings. The summed E-state index contributed by atoms with van der Waals surface area (Å²) in [6.45, 7) is 0.542. The zero-order chi connectivity index (χ0) is 16.2. The molecule has 0 spiro atoms. The van der Waals surface area contributed by atoms with Crippen LogP contribution in [-0.4, -0.2) is 24.3 Å². The van der Waals surface area contributed by atoms with E-state index in [4.69, 9.17) is 28.0 Å². The summed E-state index contributed by atoms with van der Waals surface area (Å²) in [4.78, 5) is 18.3. The minimum Gasteiger partial charge on any atom is -0.382 e. The molecule has 0 saturated carbocycles. The molecule has 4 nitrogen and oxygen atoms in total. The van der Waals surface area contributed by atoms with E-state index >= 15 is 0 Å². The molecule has 0 aliphatic carbocycles. The van der Waals surface area contributed by atoms with Crippen LogP contribution in [-0.2, 0) is 16.1 Å². The predicted octanol–water partition coefficient (Wildman–Crippen LogP) is 3.91. The molecule has 2 aromatic rings. The maximum absolute atomic E-state index is 12.1. The molecule has 0 bridgehead atoms. The minimum absolute atomic E-state index is 0.152. The van der Waals surface area contributed by atoms with Gasteiger partial charge in [0, 0.05) is 18.0 Å². The zero-order valence-electron chi connectivity index (χ0n) is 12.1. The number of carbonyl (C=O) groups excluding carboxylic acids is 1. The molecule has 2 heterocycles. The average Bonchev–Trinajstić information content (AvgIpc) is 3.18. The first-order valence-electron chi connectivity index (χ1n) is 7.12. The largest absolute Gasteiger partial charge is 0.382 e. The van der Waals surface area contributed by atoms with Crippen LogP contribution in [0.2, 0.25) is 9.36 Å². The second-order valence-corrected chi connectivity index (χ2v) is 7.26. The van der Waals surface area contributed by atoms with Crippen molar-refractivity contribution >= 4 is 46.2 Å². The Bertz CT molecular complexity index is 728. The Labute approximate surface area is 148 Å². The molecule has 1 N–H and O–H groups in total. The van der Waals surface area contributed by atoms with E-state index < -0.39 is 6.10 Å². The number of nitrogens with zero attached hydrogens (tertiary/aromatic N) is 1. The van der Waals surface area contributed by atoms with Crippen LogP contribution in [0, 0.1) is 0 Å². The molecule has 1 unspecified atom stereocenters. The highest BCUT2D eigenvalue weighted by Crippen LogP contribution is 2.26. The molecule has 1 atom stereocenters. The molecule has 120 valence electrons. The number of benzene rings is 1. The van der Waals surface area contributed by atoms with Crippen molar-refractivity contribution < 1.29 is 9.63 Å². The van der Waals surface area contributed by atoms with Crippen LogP contribution < -0.4 is 5.32 Å². The first-order chi connectivity index (χ1) is 11.1. The van der Waals surface area contributed by atoms with Crippen LogP contribution in [0.25, 0.3) is 0 Å². The van der Waals surface area contributed by atoms with Gasteiger partial charge in [-0.05, 0) is 36.2 Å². The highest BCUT2D eigenvalue weighted by atomic mass is 35.5. The molecule has 3 rings (SSSR count). The summed E-state index contributed by atoms with van der Waals surface area (Å²) in [5, 5.41) is 7.57. The molecular formula is C16H14Cl2N2O2S. The third-order valence-electron chi connectivity index (χ3n) is 3.45. The van der Waals surface area contributed by atoms with E-state index in [0.29, 0.717) is 22.3 Å². The van der Waals surface area contributed by atoms with Gasteiger partial charge >= 0.3 is 0 Å². The van der Waals surface area contributed by atoms with Gasteiger partial charge in [-0.1, -0.05) is 40.5 Å². The first kappa shape index (κ1) is 16.3. The van der Waals surface area contributed by atoms with E-state index in [2.05, 4.69) is 10.5 Å². The number of nitrogens with one attached hydrogen (secondary N) is 1. The Morgan fingerprint density at radius 3 is 2.74 bits per heavy atom. The van der Waals surface area contributed by atoms with Crippen LogP contribution in [0.15, 0.2) is 41.6 Å². The van der Waals surface area contributed by atoms with Crippen molar-refractivity contribution in [3.63, 3.8) is 0 Å². The van der Waals surface area contributed by atoms with Crippen LogP contribution in [0.1, 0.15) is 16.9 Å². The summed E-state index contributed by atoms with van der Waals surface area (Å²) in [7, 11) is 0. The van der Waals surface area contributed by atoms with Gasteiger partial charge in [0.2, 0.25) is 6.10 Å². The maximum atomic E-state index is 12.1. The summed E-state index contributed by atoms with van der Waals surface area (Å²) in [6, 6.07) is 11.3. The molecule has 7 heteroatoms. The molecule has 0 radical (unpaired) electrons. The molecule has 1 aromatic heterocycles. The van der Waals surface area contributed by atoms with Gasteiger partial charge < -0.3 is 10.2 Å². The molecule has 23 heavy (non-hydrogen) atoms. The van der Waals surface area contributed by atoms with E-state index in [0.717, 1.165) is 22.6 Å². The Hall–Kier alpha value is -1.56. The van der Waals surface area contributed by atoms with E-state index in [1.54, 1.807) is 0 Å². The van der Waals surface area contributed by atoms with Crippen molar-refractivity contribution in [2.45, 2.75) is 18.9 Å². The van der Waals surface area contributed by atoms with Gasteiger partial charge in [0.1, 0.15) is 5.71 Å². The van der Waals surface area contributed by atoms with Crippen molar-refractivity contribution in [2.24, 2.45) is 5.16 Å². The van der Waals surface area contributed by atoms with Crippen molar-refractivity contribution in [2.75, 3.05) is 6.54 Å². The van der Waals surface area contributed by atoms with Crippen molar-refractivity contribution in [1.29, 1.82) is 0 Å². The lowest BCUT2D eigenvalue weighted by Crippen LogP contribution is -2.35. The first-order valence-corrected chi connectivity index (χ1v) is 8.69. The molecule has 1 aromatic carbocycles. The summed E-state index contributed by atoms with van der Waals surface area (Å²) in [5.74, 6) is -0.152. The molecule has 1 amide bonds. The summed E-state index contributed by atoms with van der Waals surface area (Å²) >= 11 is 13.2.